The lowest BCUT2D eigenvalue weighted by molar-refractivity contribution is 0.0683. The van der Waals surface area contributed by atoms with E-state index in [9.17, 15) is 4.79 Å². The van der Waals surface area contributed by atoms with E-state index in [0.717, 1.165) is 23.9 Å². The van der Waals surface area contributed by atoms with Gasteiger partial charge >= 0.3 is 5.97 Å². The summed E-state index contributed by atoms with van der Waals surface area (Å²) >= 11 is 0. The van der Waals surface area contributed by atoms with Crippen LogP contribution in [0.2, 0.25) is 0 Å². The lowest BCUT2D eigenvalue weighted by atomic mass is 10.1. The summed E-state index contributed by atoms with van der Waals surface area (Å²) in [7, 11) is 1.55. The Balaban J connectivity index is 2.33. The van der Waals surface area contributed by atoms with Crippen LogP contribution in [0.25, 0.3) is 10.9 Å². The minimum atomic E-state index is -1.11. The first kappa shape index (κ1) is 11.0. The highest BCUT2D eigenvalue weighted by atomic mass is 16.5. The van der Waals surface area contributed by atoms with Gasteiger partial charge in [0.25, 0.3) is 0 Å². The van der Waals surface area contributed by atoms with Crippen LogP contribution in [-0.4, -0.2) is 28.2 Å². The molecule has 0 radical (unpaired) electrons. The lowest BCUT2D eigenvalue weighted by Gasteiger charge is -2.08. The fourth-order valence-corrected chi connectivity index (χ4v) is 2.08. The van der Waals surface area contributed by atoms with Crippen molar-refractivity contribution in [3.63, 3.8) is 0 Å². The number of methoxy groups -OCH3 is 1. The molecular formula is C13H12N2O3. The Bertz CT molecular complexity index is 635. The molecule has 1 heterocycles. The number of aromatic nitrogens is 2. The number of rotatable bonds is 3. The van der Waals surface area contributed by atoms with E-state index in [2.05, 4.69) is 9.97 Å². The monoisotopic (exact) mass is 244 g/mol. The predicted octanol–water partition coefficient (Wildman–Crippen LogP) is 2.21. The molecule has 1 aromatic carbocycles. The Morgan fingerprint density at radius 3 is 2.78 bits per heavy atom. The van der Waals surface area contributed by atoms with Crippen LogP contribution >= 0.6 is 0 Å². The Morgan fingerprint density at radius 1 is 1.39 bits per heavy atom. The SMILES string of the molecule is COc1cccc2c(C3CC3)nc(C(=O)O)nc12. The summed E-state index contributed by atoms with van der Waals surface area (Å²) in [5.41, 5.74) is 1.41. The molecule has 0 atom stereocenters. The highest BCUT2D eigenvalue weighted by molar-refractivity contribution is 5.91. The van der Waals surface area contributed by atoms with E-state index < -0.39 is 5.97 Å². The molecule has 2 aromatic rings. The van der Waals surface area contributed by atoms with E-state index in [0.29, 0.717) is 17.2 Å². The molecule has 0 unspecified atom stereocenters. The van der Waals surface area contributed by atoms with Crippen molar-refractivity contribution in [2.75, 3.05) is 7.11 Å². The zero-order valence-electron chi connectivity index (χ0n) is 9.88. The molecule has 5 nitrogen and oxygen atoms in total. The first-order valence-corrected chi connectivity index (χ1v) is 5.78. The summed E-state index contributed by atoms with van der Waals surface area (Å²) in [4.78, 5) is 19.3. The largest absolute Gasteiger partial charge is 0.494 e. The van der Waals surface area contributed by atoms with Crippen molar-refractivity contribution in [1.82, 2.24) is 9.97 Å². The van der Waals surface area contributed by atoms with E-state index in [4.69, 9.17) is 9.84 Å². The van der Waals surface area contributed by atoms with Crippen molar-refractivity contribution in [2.45, 2.75) is 18.8 Å². The van der Waals surface area contributed by atoms with E-state index >= 15 is 0 Å². The zero-order chi connectivity index (χ0) is 12.7. The van der Waals surface area contributed by atoms with Gasteiger partial charge in [-0.15, -0.1) is 0 Å². The first-order chi connectivity index (χ1) is 8.70. The minimum Gasteiger partial charge on any atom is -0.494 e. The van der Waals surface area contributed by atoms with Gasteiger partial charge in [0.05, 0.1) is 12.8 Å². The van der Waals surface area contributed by atoms with Gasteiger partial charge in [-0.3, -0.25) is 0 Å². The van der Waals surface area contributed by atoms with Crippen LogP contribution in [0, 0.1) is 0 Å². The molecule has 0 bridgehead atoms. The standard InChI is InChI=1S/C13H12N2O3/c1-18-9-4-2-3-8-10(7-5-6-7)14-12(13(16)17)15-11(8)9/h2-4,7H,5-6H2,1H3,(H,16,17). The summed E-state index contributed by atoms with van der Waals surface area (Å²) in [6, 6.07) is 5.56. The van der Waals surface area contributed by atoms with E-state index in [1.165, 1.54) is 0 Å². The first-order valence-electron chi connectivity index (χ1n) is 5.78. The van der Waals surface area contributed by atoms with Crippen LogP contribution < -0.4 is 4.74 Å². The summed E-state index contributed by atoms with van der Waals surface area (Å²) in [5, 5.41) is 9.96. The number of aromatic carboxylic acids is 1. The van der Waals surface area contributed by atoms with Crippen LogP contribution in [0.4, 0.5) is 0 Å². The number of carboxylic acids is 1. The molecule has 1 fully saturated rings. The normalized spacial score (nSPS) is 14.7. The third-order valence-corrected chi connectivity index (χ3v) is 3.09. The summed E-state index contributed by atoms with van der Waals surface area (Å²) in [6.45, 7) is 0. The van der Waals surface area contributed by atoms with Gasteiger partial charge in [0.2, 0.25) is 5.82 Å². The van der Waals surface area contributed by atoms with Crippen molar-refractivity contribution >= 4 is 16.9 Å². The minimum absolute atomic E-state index is 0.158. The maximum atomic E-state index is 11.1. The topological polar surface area (TPSA) is 72.3 Å². The number of nitrogens with zero attached hydrogens (tertiary/aromatic N) is 2. The van der Waals surface area contributed by atoms with Crippen molar-refractivity contribution in [2.24, 2.45) is 0 Å². The molecule has 18 heavy (non-hydrogen) atoms. The van der Waals surface area contributed by atoms with Gasteiger partial charge in [0.1, 0.15) is 11.3 Å². The number of carboxylic acid groups (broad SMARTS) is 1. The average molecular weight is 244 g/mol. The Morgan fingerprint density at radius 2 is 2.17 bits per heavy atom. The molecule has 0 saturated heterocycles. The van der Waals surface area contributed by atoms with Gasteiger partial charge in [-0.25, -0.2) is 14.8 Å². The maximum Gasteiger partial charge on any atom is 0.373 e. The molecule has 0 spiro atoms. The lowest BCUT2D eigenvalue weighted by Crippen LogP contribution is -2.07. The molecule has 5 heteroatoms. The van der Waals surface area contributed by atoms with Gasteiger partial charge in [0.15, 0.2) is 0 Å². The molecule has 1 saturated carbocycles. The van der Waals surface area contributed by atoms with Gasteiger partial charge < -0.3 is 9.84 Å². The van der Waals surface area contributed by atoms with E-state index in [1.807, 2.05) is 12.1 Å². The second kappa shape index (κ2) is 3.94. The Hall–Kier alpha value is -2.17. The number of fused-ring (bicyclic) bond motifs is 1. The number of hydrogen-bond acceptors (Lipinski definition) is 4. The fraction of sp³-hybridized carbons (Fsp3) is 0.308. The second-order valence-electron chi connectivity index (χ2n) is 4.37. The Kier molecular flexibility index (Phi) is 2.40. The van der Waals surface area contributed by atoms with Crippen LogP contribution in [0.5, 0.6) is 5.75 Å². The highest BCUT2D eigenvalue weighted by Gasteiger charge is 2.29. The fourth-order valence-electron chi connectivity index (χ4n) is 2.08. The molecule has 92 valence electrons. The smallest absolute Gasteiger partial charge is 0.373 e. The molecule has 1 aliphatic carbocycles. The predicted molar refractivity (Wildman–Crippen MR) is 65.0 cm³/mol. The highest BCUT2D eigenvalue weighted by Crippen LogP contribution is 2.42. The van der Waals surface area contributed by atoms with Gasteiger partial charge in [-0.2, -0.15) is 0 Å². The van der Waals surface area contributed by atoms with Crippen LogP contribution in [-0.2, 0) is 0 Å². The number of para-hydroxylation sites is 1. The van der Waals surface area contributed by atoms with Crippen molar-refractivity contribution in [3.8, 4) is 5.75 Å². The van der Waals surface area contributed by atoms with Crippen LogP contribution in [0.1, 0.15) is 35.1 Å². The number of carbonyl (C=O) groups is 1. The van der Waals surface area contributed by atoms with E-state index in [-0.39, 0.29) is 5.82 Å². The number of benzene rings is 1. The molecular weight excluding hydrogens is 232 g/mol. The second-order valence-corrected chi connectivity index (χ2v) is 4.37. The zero-order valence-corrected chi connectivity index (χ0v) is 9.88. The van der Waals surface area contributed by atoms with Gasteiger partial charge in [-0.1, -0.05) is 12.1 Å². The van der Waals surface area contributed by atoms with Crippen molar-refractivity contribution in [1.29, 1.82) is 0 Å². The molecule has 1 aliphatic rings. The molecule has 1 N–H and O–H groups in total. The summed E-state index contributed by atoms with van der Waals surface area (Å²) in [5.74, 6) is -0.321. The number of hydrogen-bond donors (Lipinski definition) is 1. The third kappa shape index (κ3) is 1.68. The third-order valence-electron chi connectivity index (χ3n) is 3.09. The van der Waals surface area contributed by atoms with Crippen molar-refractivity contribution in [3.05, 3.63) is 29.7 Å². The van der Waals surface area contributed by atoms with Crippen molar-refractivity contribution < 1.29 is 14.6 Å². The summed E-state index contributed by atoms with van der Waals surface area (Å²) in [6.07, 6.45) is 2.12. The molecule has 3 rings (SSSR count). The number of ether oxygens (including phenoxy) is 1. The summed E-state index contributed by atoms with van der Waals surface area (Å²) < 4.78 is 5.23. The molecule has 1 aromatic heterocycles. The molecule has 0 aliphatic heterocycles. The quantitative estimate of drug-likeness (QED) is 0.896. The van der Waals surface area contributed by atoms with E-state index in [1.54, 1.807) is 13.2 Å². The van der Waals surface area contributed by atoms with Gasteiger partial charge in [-0.05, 0) is 18.9 Å². The average Bonchev–Trinajstić information content (AvgIpc) is 3.20. The van der Waals surface area contributed by atoms with Crippen LogP contribution in [0.15, 0.2) is 18.2 Å². The maximum absolute atomic E-state index is 11.1. The Labute approximate surface area is 103 Å². The van der Waals surface area contributed by atoms with Crippen LogP contribution in [0.3, 0.4) is 0 Å². The van der Waals surface area contributed by atoms with Gasteiger partial charge in [0, 0.05) is 11.3 Å². The molecule has 0 amide bonds.